The number of rotatable bonds is 6. The average molecular weight is 478 g/mol. The highest BCUT2D eigenvalue weighted by Crippen LogP contribution is 2.38. The van der Waals surface area contributed by atoms with Gasteiger partial charge in [0.25, 0.3) is 5.91 Å². The molecule has 0 aliphatic carbocycles. The normalized spacial score (nSPS) is 20.0. The molecule has 7 nitrogen and oxygen atoms in total. The molecule has 2 aromatic carbocycles. The maximum Gasteiger partial charge on any atom is 0.256 e. The van der Waals surface area contributed by atoms with Crippen LogP contribution >= 0.6 is 0 Å². The number of amides is 3. The molecule has 3 amide bonds. The minimum absolute atomic E-state index is 0.00688. The van der Waals surface area contributed by atoms with Crippen molar-refractivity contribution in [2.24, 2.45) is 0 Å². The van der Waals surface area contributed by atoms with E-state index >= 15 is 0 Å². The molecule has 4 rings (SSSR count). The Kier molecular flexibility index (Phi) is 7.55. The molecule has 35 heavy (non-hydrogen) atoms. The van der Waals surface area contributed by atoms with Gasteiger partial charge in [-0.2, -0.15) is 0 Å². The van der Waals surface area contributed by atoms with Gasteiger partial charge in [-0.1, -0.05) is 55.0 Å². The van der Waals surface area contributed by atoms with E-state index in [9.17, 15) is 14.4 Å². The van der Waals surface area contributed by atoms with Crippen molar-refractivity contribution in [1.82, 2.24) is 15.1 Å². The van der Waals surface area contributed by atoms with Crippen LogP contribution in [0.25, 0.3) is 0 Å². The molecule has 0 unspecified atom stereocenters. The number of aryl methyl sites for hydroxylation is 1. The fraction of sp³-hybridized carbons (Fsp3) is 0.464. The zero-order valence-corrected chi connectivity index (χ0v) is 20.8. The number of nitrogens with zero attached hydrogens (tertiary/aromatic N) is 2. The van der Waals surface area contributed by atoms with E-state index in [0.29, 0.717) is 37.9 Å². The topological polar surface area (TPSA) is 79.0 Å². The third-order valence-electron chi connectivity index (χ3n) is 7.14. The Morgan fingerprint density at radius 2 is 1.80 bits per heavy atom. The lowest BCUT2D eigenvalue weighted by atomic mass is 9.95. The Labute approximate surface area is 207 Å². The Morgan fingerprint density at radius 1 is 1.09 bits per heavy atom. The Morgan fingerprint density at radius 3 is 2.46 bits per heavy atom. The van der Waals surface area contributed by atoms with Crippen LogP contribution in [0.15, 0.2) is 54.6 Å². The van der Waals surface area contributed by atoms with Gasteiger partial charge in [0.2, 0.25) is 11.8 Å². The third-order valence-corrected chi connectivity index (χ3v) is 7.14. The van der Waals surface area contributed by atoms with Gasteiger partial charge in [-0.3, -0.25) is 19.3 Å². The number of benzene rings is 2. The highest BCUT2D eigenvalue weighted by atomic mass is 16.5. The van der Waals surface area contributed by atoms with Crippen LogP contribution < -0.4 is 5.32 Å². The van der Waals surface area contributed by atoms with Gasteiger partial charge in [0, 0.05) is 37.5 Å². The molecule has 0 saturated carbocycles. The Hall–Kier alpha value is -3.19. The second-order valence-electron chi connectivity index (χ2n) is 9.68. The first kappa shape index (κ1) is 24.9. The van der Waals surface area contributed by atoms with E-state index < -0.39 is 11.8 Å². The molecule has 2 saturated heterocycles. The summed E-state index contributed by atoms with van der Waals surface area (Å²) in [7, 11) is 0. The molecular formula is C28H35N3O4. The standard InChI is InChI=1S/C28H35N3O4/c1-4-21(3)29-26(33)24-19-35-28(31(24)27(34)23-12-8-9-20(2)17-23)13-15-30(16-14-28)25(32)18-22-10-6-5-7-11-22/h5-12,17,21,24H,4,13-16,18-19H2,1-3H3,(H,29,33)/t21-,24+/m0/s1. The molecule has 1 N–H and O–H groups in total. The molecule has 0 aromatic heterocycles. The number of ether oxygens (including phenoxy) is 1. The largest absolute Gasteiger partial charge is 0.353 e. The van der Waals surface area contributed by atoms with Crippen molar-refractivity contribution in [3.63, 3.8) is 0 Å². The summed E-state index contributed by atoms with van der Waals surface area (Å²) in [4.78, 5) is 43.4. The van der Waals surface area contributed by atoms with Gasteiger partial charge in [-0.15, -0.1) is 0 Å². The van der Waals surface area contributed by atoms with Crippen LogP contribution in [0.3, 0.4) is 0 Å². The van der Waals surface area contributed by atoms with Crippen LogP contribution in [-0.2, 0) is 20.7 Å². The first-order valence-electron chi connectivity index (χ1n) is 12.5. The van der Waals surface area contributed by atoms with Crippen LogP contribution in [0.2, 0.25) is 0 Å². The molecule has 2 aromatic rings. The minimum atomic E-state index is -0.901. The van der Waals surface area contributed by atoms with Crippen LogP contribution in [0.5, 0.6) is 0 Å². The van der Waals surface area contributed by atoms with E-state index in [-0.39, 0.29) is 30.4 Å². The van der Waals surface area contributed by atoms with Crippen LogP contribution in [0.4, 0.5) is 0 Å². The van der Waals surface area contributed by atoms with Crippen LogP contribution in [0, 0.1) is 6.92 Å². The molecule has 2 heterocycles. The van der Waals surface area contributed by atoms with Gasteiger partial charge in [0.15, 0.2) is 0 Å². The van der Waals surface area contributed by atoms with Crippen molar-refractivity contribution in [1.29, 1.82) is 0 Å². The van der Waals surface area contributed by atoms with Gasteiger partial charge < -0.3 is 15.0 Å². The molecule has 2 atom stereocenters. The Balaban J connectivity index is 1.54. The zero-order chi connectivity index (χ0) is 25.0. The zero-order valence-electron chi connectivity index (χ0n) is 20.8. The van der Waals surface area contributed by atoms with E-state index in [4.69, 9.17) is 4.74 Å². The molecule has 186 valence electrons. The molecule has 2 aliphatic heterocycles. The smallest absolute Gasteiger partial charge is 0.256 e. The van der Waals surface area contributed by atoms with E-state index in [1.807, 2.05) is 74.2 Å². The number of hydrogen-bond donors (Lipinski definition) is 1. The van der Waals surface area contributed by atoms with Gasteiger partial charge in [-0.05, 0) is 38.0 Å². The third kappa shape index (κ3) is 5.40. The van der Waals surface area contributed by atoms with E-state index in [1.54, 1.807) is 11.0 Å². The van der Waals surface area contributed by atoms with Crippen molar-refractivity contribution in [3.8, 4) is 0 Å². The summed E-state index contributed by atoms with van der Waals surface area (Å²) in [5.41, 5.74) is 1.60. The van der Waals surface area contributed by atoms with Gasteiger partial charge in [0.1, 0.15) is 11.8 Å². The summed E-state index contributed by atoms with van der Waals surface area (Å²) in [6.45, 7) is 7.00. The molecule has 7 heteroatoms. The number of likely N-dealkylation sites (tertiary alicyclic amines) is 1. The van der Waals surface area contributed by atoms with Gasteiger partial charge in [0.05, 0.1) is 13.0 Å². The summed E-state index contributed by atoms with van der Waals surface area (Å²) in [5, 5.41) is 3.02. The number of piperidine rings is 1. The second-order valence-corrected chi connectivity index (χ2v) is 9.68. The monoisotopic (exact) mass is 477 g/mol. The van der Waals surface area contributed by atoms with Gasteiger partial charge >= 0.3 is 0 Å². The van der Waals surface area contributed by atoms with Crippen molar-refractivity contribution in [3.05, 3.63) is 71.3 Å². The van der Waals surface area contributed by atoms with E-state index in [2.05, 4.69) is 5.32 Å². The lowest BCUT2D eigenvalue weighted by Gasteiger charge is -2.44. The molecule has 2 fully saturated rings. The minimum Gasteiger partial charge on any atom is -0.353 e. The lowest BCUT2D eigenvalue weighted by Crippen LogP contribution is -2.60. The fourth-order valence-corrected chi connectivity index (χ4v) is 4.91. The first-order chi connectivity index (χ1) is 16.8. The van der Waals surface area contributed by atoms with Crippen molar-refractivity contribution < 1.29 is 19.1 Å². The van der Waals surface area contributed by atoms with Crippen LogP contribution in [0.1, 0.15) is 54.6 Å². The molecular weight excluding hydrogens is 442 g/mol. The summed E-state index contributed by atoms with van der Waals surface area (Å²) >= 11 is 0. The van der Waals surface area contributed by atoms with Crippen molar-refractivity contribution >= 4 is 17.7 Å². The highest BCUT2D eigenvalue weighted by molar-refractivity contribution is 5.98. The first-order valence-corrected chi connectivity index (χ1v) is 12.5. The average Bonchev–Trinajstić information content (AvgIpc) is 3.23. The number of carbonyl (C=O) groups is 3. The molecule has 2 aliphatic rings. The highest BCUT2D eigenvalue weighted by Gasteiger charge is 2.54. The Bertz CT molecular complexity index is 1060. The quantitative estimate of drug-likeness (QED) is 0.692. The van der Waals surface area contributed by atoms with Crippen molar-refractivity contribution in [2.75, 3.05) is 19.7 Å². The summed E-state index contributed by atoms with van der Waals surface area (Å²) in [6.07, 6.45) is 2.09. The number of nitrogens with one attached hydrogen (secondary N) is 1. The van der Waals surface area contributed by atoms with Crippen molar-refractivity contribution in [2.45, 2.75) is 64.3 Å². The summed E-state index contributed by atoms with van der Waals surface area (Å²) < 4.78 is 6.27. The van der Waals surface area contributed by atoms with Crippen LogP contribution in [-0.4, -0.2) is 65.0 Å². The van der Waals surface area contributed by atoms with E-state index in [0.717, 1.165) is 17.5 Å². The molecule has 1 spiro atoms. The maximum absolute atomic E-state index is 13.8. The number of carbonyl (C=O) groups excluding carboxylic acids is 3. The fourth-order valence-electron chi connectivity index (χ4n) is 4.91. The second kappa shape index (κ2) is 10.6. The predicted octanol–water partition coefficient (Wildman–Crippen LogP) is 3.31. The predicted molar refractivity (Wildman–Crippen MR) is 134 cm³/mol. The molecule has 0 bridgehead atoms. The summed E-state index contributed by atoms with van der Waals surface area (Å²) in [6, 6.07) is 16.4. The number of hydrogen-bond acceptors (Lipinski definition) is 4. The molecule has 0 radical (unpaired) electrons. The van der Waals surface area contributed by atoms with Gasteiger partial charge in [-0.25, -0.2) is 0 Å². The summed E-state index contributed by atoms with van der Waals surface area (Å²) in [5.74, 6) is -0.342. The SMILES string of the molecule is CC[C@H](C)NC(=O)[C@H]1COC2(CCN(C(=O)Cc3ccccc3)CC2)N1C(=O)c1cccc(C)c1. The van der Waals surface area contributed by atoms with E-state index in [1.165, 1.54) is 0 Å². The lowest BCUT2D eigenvalue weighted by molar-refractivity contribution is -0.143. The maximum atomic E-state index is 13.8.